The zero-order chi connectivity index (χ0) is 44.6. The summed E-state index contributed by atoms with van der Waals surface area (Å²) in [6, 6.07) is 23.2. The van der Waals surface area contributed by atoms with Gasteiger partial charge in [-0.3, -0.25) is 14.4 Å². The summed E-state index contributed by atoms with van der Waals surface area (Å²) in [4.78, 5) is 45.2. The SMILES string of the molecule is COC(CCC(=O)C[C@](C)(Cc1ccc(C#N)cc1)C(=O)Nc1cc(Cl)c(F)c(Cl)c1)OC.C[C@@]1(Cc2ccc(C#N)cc2)C(=O)N(c2cc(Cl)c(F)c(Cl)c2)c2nccn21. The minimum Gasteiger partial charge on any atom is -0.356 e. The van der Waals surface area contributed by atoms with Gasteiger partial charge in [-0.2, -0.15) is 10.5 Å². The van der Waals surface area contributed by atoms with Crippen LogP contribution in [-0.4, -0.2) is 47.7 Å². The first-order valence-corrected chi connectivity index (χ1v) is 20.0. The second-order valence-corrected chi connectivity index (χ2v) is 16.3. The molecule has 1 aromatic heterocycles. The third-order valence-electron chi connectivity index (χ3n) is 10.1. The summed E-state index contributed by atoms with van der Waals surface area (Å²) in [6.45, 7) is 3.49. The molecule has 0 bridgehead atoms. The van der Waals surface area contributed by atoms with Crippen LogP contribution in [0.4, 0.5) is 26.1 Å². The van der Waals surface area contributed by atoms with Crippen LogP contribution in [0.15, 0.2) is 85.2 Å². The van der Waals surface area contributed by atoms with Gasteiger partial charge in [0.05, 0.1) is 54.5 Å². The average molecular weight is 911 g/mol. The second kappa shape index (κ2) is 20.0. The van der Waals surface area contributed by atoms with Crippen molar-refractivity contribution in [1.82, 2.24) is 9.55 Å². The molecule has 0 fully saturated rings. The number of hydrogen-bond donors (Lipinski definition) is 1. The third kappa shape index (κ3) is 10.7. The molecule has 1 aliphatic rings. The van der Waals surface area contributed by atoms with E-state index in [2.05, 4.69) is 16.4 Å². The van der Waals surface area contributed by atoms with E-state index in [-0.39, 0.29) is 56.7 Å². The minimum atomic E-state index is -1.14. The van der Waals surface area contributed by atoms with Crippen molar-refractivity contribution in [2.45, 2.75) is 57.8 Å². The maximum atomic E-state index is 13.8. The Bertz CT molecular complexity index is 2480. The van der Waals surface area contributed by atoms with Crippen molar-refractivity contribution in [1.29, 1.82) is 10.5 Å². The molecule has 0 radical (unpaired) electrons. The Labute approximate surface area is 371 Å². The molecule has 2 amide bonds. The molecule has 1 N–H and O–H groups in total. The number of ketones is 1. The fourth-order valence-corrected chi connectivity index (χ4v) is 7.82. The highest BCUT2D eigenvalue weighted by atomic mass is 35.5. The zero-order valence-electron chi connectivity index (χ0n) is 33.2. The fourth-order valence-electron chi connectivity index (χ4n) is 6.86. The fraction of sp³-hybridized carbons (Fsp3) is 0.273. The number of imidazole rings is 1. The van der Waals surface area contributed by atoms with Gasteiger partial charge in [-0.05, 0) is 79.9 Å². The number of amides is 2. The van der Waals surface area contributed by atoms with E-state index in [9.17, 15) is 23.2 Å². The summed E-state index contributed by atoms with van der Waals surface area (Å²) in [5, 5.41) is 19.9. The number of nitriles is 2. The Morgan fingerprint density at radius 3 is 1.89 bits per heavy atom. The Morgan fingerprint density at radius 1 is 0.869 bits per heavy atom. The highest BCUT2D eigenvalue weighted by molar-refractivity contribution is 6.36. The van der Waals surface area contributed by atoms with Crippen LogP contribution < -0.4 is 10.2 Å². The predicted octanol–water partition coefficient (Wildman–Crippen LogP) is 10.4. The number of rotatable bonds is 14. The lowest BCUT2D eigenvalue weighted by Gasteiger charge is -2.28. The van der Waals surface area contributed by atoms with Crippen molar-refractivity contribution in [3.05, 3.63) is 139 Å². The number of methoxy groups -OCH3 is 2. The van der Waals surface area contributed by atoms with E-state index < -0.39 is 34.8 Å². The van der Waals surface area contributed by atoms with Crippen LogP contribution in [0, 0.1) is 39.7 Å². The van der Waals surface area contributed by atoms with Gasteiger partial charge in [0, 0.05) is 58.0 Å². The Balaban J connectivity index is 0.000000233. The maximum absolute atomic E-state index is 13.8. The van der Waals surface area contributed by atoms with E-state index >= 15 is 0 Å². The highest BCUT2D eigenvalue weighted by Gasteiger charge is 2.48. The predicted molar refractivity (Wildman–Crippen MR) is 229 cm³/mol. The Hall–Kier alpha value is -5.38. The van der Waals surface area contributed by atoms with E-state index in [1.165, 1.54) is 43.4 Å². The smallest absolute Gasteiger partial charge is 0.260 e. The number of aromatic nitrogens is 2. The molecule has 6 rings (SSSR count). The molecule has 0 aliphatic carbocycles. The highest BCUT2D eigenvalue weighted by Crippen LogP contribution is 2.43. The summed E-state index contributed by atoms with van der Waals surface area (Å²) >= 11 is 23.5. The molecule has 2 heterocycles. The first-order chi connectivity index (χ1) is 29.0. The van der Waals surface area contributed by atoms with Crippen LogP contribution in [0.1, 0.15) is 55.4 Å². The lowest BCUT2D eigenvalue weighted by molar-refractivity contribution is -0.134. The molecule has 0 unspecified atom stereocenters. The summed E-state index contributed by atoms with van der Waals surface area (Å²) in [5.41, 5.74) is 1.18. The molecule has 5 aromatic rings. The van der Waals surface area contributed by atoms with Crippen LogP contribution in [0.2, 0.25) is 20.1 Å². The molecule has 11 nitrogen and oxygen atoms in total. The number of anilines is 3. The van der Waals surface area contributed by atoms with Crippen molar-refractivity contribution in [3.8, 4) is 12.1 Å². The van der Waals surface area contributed by atoms with E-state index in [1.807, 2.05) is 25.1 Å². The van der Waals surface area contributed by atoms with Crippen molar-refractivity contribution < 1.29 is 32.6 Å². The Morgan fingerprint density at radius 2 is 1.38 bits per heavy atom. The molecule has 4 aromatic carbocycles. The molecule has 316 valence electrons. The van der Waals surface area contributed by atoms with Gasteiger partial charge < -0.3 is 19.4 Å². The first kappa shape index (κ1) is 46.7. The maximum Gasteiger partial charge on any atom is 0.260 e. The van der Waals surface area contributed by atoms with Gasteiger partial charge in [0.1, 0.15) is 11.3 Å². The van der Waals surface area contributed by atoms with Crippen LogP contribution in [0.5, 0.6) is 0 Å². The number of nitrogens with one attached hydrogen (secondary N) is 1. The molecule has 2 atom stereocenters. The molecule has 61 heavy (non-hydrogen) atoms. The van der Waals surface area contributed by atoms with Crippen molar-refractivity contribution >= 4 is 81.3 Å². The van der Waals surface area contributed by atoms with Crippen molar-refractivity contribution in [2.75, 3.05) is 24.4 Å². The summed E-state index contributed by atoms with van der Waals surface area (Å²) < 4.78 is 39.6. The molecule has 17 heteroatoms. The number of Topliss-reactive ketones (excluding diaryl/α,β-unsaturated/α-hetero) is 1. The summed E-state index contributed by atoms with van der Waals surface area (Å²) in [6.07, 6.45) is 3.89. The minimum absolute atomic E-state index is 0.0539. The number of fused-ring (bicyclic) bond motifs is 1. The van der Waals surface area contributed by atoms with Gasteiger partial charge in [0.2, 0.25) is 11.9 Å². The molecule has 0 saturated heterocycles. The van der Waals surface area contributed by atoms with E-state index in [0.717, 1.165) is 11.1 Å². The molecular formula is C44H38Cl4F2N6O5. The largest absolute Gasteiger partial charge is 0.356 e. The molecule has 0 saturated carbocycles. The quantitative estimate of drug-likeness (QED) is 0.0855. The van der Waals surface area contributed by atoms with Gasteiger partial charge in [-0.15, -0.1) is 0 Å². The Kier molecular flexibility index (Phi) is 15.3. The van der Waals surface area contributed by atoms with E-state index in [4.69, 9.17) is 66.4 Å². The van der Waals surface area contributed by atoms with Crippen molar-refractivity contribution in [3.63, 3.8) is 0 Å². The van der Waals surface area contributed by atoms with Gasteiger partial charge in [0.15, 0.2) is 17.9 Å². The topological polar surface area (TPSA) is 150 Å². The monoisotopic (exact) mass is 908 g/mol. The standard InChI is InChI=1S/C24H25Cl2FN2O4.C20H13Cl2FN4O/c1-24(12-15-4-6-16(14-28)7-5-15,13-18(30)8-9-21(32-2)33-3)23(31)29-17-10-19(25)22(27)20(26)11-17;1-20(10-12-2-4-13(11-24)5-3-12)18(28)27(19-25-6-7-26(19)20)14-8-15(21)17(23)16(22)9-14/h4-7,10-11,21H,8-9,12-13H2,1-3H3,(H,29,31);2-9H,10H2,1H3/t24-;20-/m01/s1. The number of carbonyl (C=O) groups excluding carboxylic acids is 3. The number of benzene rings is 4. The number of ether oxygens (including phenoxy) is 2. The lowest BCUT2D eigenvalue weighted by Crippen LogP contribution is -2.40. The van der Waals surface area contributed by atoms with Gasteiger partial charge in [0.25, 0.3) is 5.91 Å². The third-order valence-corrected chi connectivity index (χ3v) is 11.2. The number of nitrogens with zero attached hydrogens (tertiary/aromatic N) is 5. The van der Waals surface area contributed by atoms with Gasteiger partial charge in [-0.1, -0.05) is 70.7 Å². The second-order valence-electron chi connectivity index (χ2n) is 14.6. The van der Waals surface area contributed by atoms with Crippen LogP contribution in [0.25, 0.3) is 0 Å². The first-order valence-electron chi connectivity index (χ1n) is 18.5. The van der Waals surface area contributed by atoms with Gasteiger partial charge in [-0.25, -0.2) is 18.7 Å². The van der Waals surface area contributed by atoms with Crippen LogP contribution in [0.3, 0.4) is 0 Å². The number of carbonyl (C=O) groups is 3. The van der Waals surface area contributed by atoms with Crippen LogP contribution in [-0.2, 0) is 42.2 Å². The lowest BCUT2D eigenvalue weighted by atomic mass is 9.77. The summed E-state index contributed by atoms with van der Waals surface area (Å²) in [7, 11) is 2.97. The number of hydrogen-bond acceptors (Lipinski definition) is 8. The molecular weight excluding hydrogens is 872 g/mol. The van der Waals surface area contributed by atoms with E-state index in [1.54, 1.807) is 60.3 Å². The van der Waals surface area contributed by atoms with E-state index in [0.29, 0.717) is 35.6 Å². The van der Waals surface area contributed by atoms with Gasteiger partial charge >= 0.3 is 0 Å². The zero-order valence-corrected chi connectivity index (χ0v) is 36.3. The van der Waals surface area contributed by atoms with Crippen molar-refractivity contribution in [2.24, 2.45) is 5.41 Å². The molecule has 1 aliphatic heterocycles. The number of halogens is 6. The normalized spacial score (nSPS) is 15.3. The summed E-state index contributed by atoms with van der Waals surface area (Å²) in [5.74, 6) is -1.94. The average Bonchev–Trinajstić information content (AvgIpc) is 3.80. The van der Waals surface area contributed by atoms with Crippen LogP contribution >= 0.6 is 46.4 Å². The molecule has 0 spiro atoms.